The van der Waals surface area contributed by atoms with Crippen LogP contribution in [0.4, 0.5) is 4.79 Å². The van der Waals surface area contributed by atoms with Gasteiger partial charge in [0, 0.05) is 39.8 Å². The second-order valence-corrected chi connectivity index (χ2v) is 8.06. The van der Waals surface area contributed by atoms with E-state index in [9.17, 15) is 4.79 Å². The molecule has 1 N–H and O–H groups in total. The zero-order valence-corrected chi connectivity index (χ0v) is 18.0. The largest absolute Gasteiger partial charge is 0.444 e. The van der Waals surface area contributed by atoms with Gasteiger partial charge in [-0.2, -0.15) is 0 Å². The fourth-order valence-electron chi connectivity index (χ4n) is 3.23. The lowest BCUT2D eigenvalue weighted by Crippen LogP contribution is -2.43. The van der Waals surface area contributed by atoms with Gasteiger partial charge in [-0.15, -0.1) is 12.4 Å². The maximum Gasteiger partial charge on any atom is 0.410 e. The quantitative estimate of drug-likeness (QED) is 0.792. The molecule has 156 valence electrons. The maximum absolute atomic E-state index is 11.8. The molecule has 7 heteroatoms. The minimum atomic E-state index is -0.411. The summed E-state index contributed by atoms with van der Waals surface area (Å²) in [5.74, 6) is 1.22. The molecule has 2 atom stereocenters. The number of halogens is 1. The van der Waals surface area contributed by atoms with Crippen LogP contribution in [0.1, 0.15) is 46.5 Å². The molecule has 0 unspecified atom stereocenters. The van der Waals surface area contributed by atoms with Crippen molar-refractivity contribution in [3.8, 4) is 0 Å². The second-order valence-electron chi connectivity index (χ2n) is 8.06. The molecule has 2 aliphatic rings. The number of nitrogens with zero attached hydrogens (tertiary/aromatic N) is 1. The number of ether oxygens (including phenoxy) is 3. The van der Waals surface area contributed by atoms with E-state index in [1.807, 2.05) is 20.8 Å². The molecule has 0 saturated carbocycles. The van der Waals surface area contributed by atoms with Crippen molar-refractivity contribution in [1.29, 1.82) is 0 Å². The molecular formula is C19H39ClN2O4. The third kappa shape index (κ3) is 11.2. The van der Waals surface area contributed by atoms with Crippen LogP contribution >= 0.6 is 12.4 Å². The first-order valence-electron chi connectivity index (χ1n) is 9.52. The molecule has 0 aromatic carbocycles. The van der Waals surface area contributed by atoms with Gasteiger partial charge in [0.25, 0.3) is 0 Å². The molecular weight excluding hydrogens is 356 g/mol. The summed E-state index contributed by atoms with van der Waals surface area (Å²) < 4.78 is 15.5. The Morgan fingerprint density at radius 2 is 1.69 bits per heavy atom. The lowest BCUT2D eigenvalue weighted by Gasteiger charge is -2.33. The molecule has 0 aromatic rings. The van der Waals surface area contributed by atoms with Gasteiger partial charge >= 0.3 is 6.09 Å². The molecule has 2 heterocycles. The van der Waals surface area contributed by atoms with Gasteiger partial charge in [0.05, 0.1) is 13.2 Å². The van der Waals surface area contributed by atoms with Crippen molar-refractivity contribution in [2.45, 2.75) is 52.1 Å². The van der Waals surface area contributed by atoms with E-state index in [2.05, 4.69) is 5.32 Å². The molecule has 0 radical (unpaired) electrons. The molecule has 2 saturated heterocycles. The van der Waals surface area contributed by atoms with Gasteiger partial charge in [-0.1, -0.05) is 0 Å². The van der Waals surface area contributed by atoms with Gasteiger partial charge in [-0.3, -0.25) is 0 Å². The van der Waals surface area contributed by atoms with Crippen LogP contribution in [0.3, 0.4) is 0 Å². The van der Waals surface area contributed by atoms with Gasteiger partial charge in [-0.05, 0) is 58.9 Å². The van der Waals surface area contributed by atoms with Crippen molar-refractivity contribution in [3.63, 3.8) is 0 Å². The number of methoxy groups -OCH3 is 2. The van der Waals surface area contributed by atoms with Crippen LogP contribution in [0, 0.1) is 11.8 Å². The van der Waals surface area contributed by atoms with E-state index in [-0.39, 0.29) is 18.5 Å². The zero-order chi connectivity index (χ0) is 18.7. The number of hydrogen-bond acceptors (Lipinski definition) is 5. The summed E-state index contributed by atoms with van der Waals surface area (Å²) in [6.45, 7) is 11.2. The van der Waals surface area contributed by atoms with Crippen LogP contribution in [-0.4, -0.2) is 70.2 Å². The Labute approximate surface area is 165 Å². The van der Waals surface area contributed by atoms with Crippen LogP contribution < -0.4 is 5.32 Å². The molecule has 6 nitrogen and oxygen atoms in total. The SMILES string of the molecule is COC[C@@H]1CCCN(C(=O)OC(C)(C)C)C1.COC[C@@H]1CCCNC1.Cl. The van der Waals surface area contributed by atoms with Crippen LogP contribution in [-0.2, 0) is 14.2 Å². The van der Waals surface area contributed by atoms with E-state index in [0.717, 1.165) is 51.6 Å². The van der Waals surface area contributed by atoms with Crippen LogP contribution in [0.15, 0.2) is 0 Å². The summed E-state index contributed by atoms with van der Waals surface area (Å²) in [5.41, 5.74) is -0.411. The number of carbonyl (C=O) groups excluding carboxylic acids is 1. The summed E-state index contributed by atoms with van der Waals surface area (Å²) in [6, 6.07) is 0. The number of likely N-dealkylation sites (tertiary alicyclic amines) is 1. The third-order valence-corrected chi connectivity index (χ3v) is 4.37. The fraction of sp³-hybridized carbons (Fsp3) is 0.947. The standard InChI is InChI=1S/C12H23NO3.C7H15NO.ClH/c1-12(2,3)16-11(14)13-7-5-6-10(8-13)9-15-4;1-9-6-7-3-2-4-8-5-7;/h10H,5-9H2,1-4H3;7-8H,2-6H2,1H3;1H/t10-;7-;/m11./s1. The van der Waals surface area contributed by atoms with Gasteiger partial charge in [-0.25, -0.2) is 4.79 Å². The van der Waals surface area contributed by atoms with Crippen LogP contribution in [0.5, 0.6) is 0 Å². The van der Waals surface area contributed by atoms with Crippen molar-refractivity contribution in [1.82, 2.24) is 10.2 Å². The minimum absolute atomic E-state index is 0. The molecule has 0 bridgehead atoms. The Hall–Kier alpha value is -0.560. The number of carbonyl (C=O) groups is 1. The predicted octanol–water partition coefficient (Wildman–Crippen LogP) is 3.33. The smallest absolute Gasteiger partial charge is 0.410 e. The summed E-state index contributed by atoms with van der Waals surface area (Å²) in [4.78, 5) is 13.6. The van der Waals surface area contributed by atoms with Gasteiger partial charge in [0.1, 0.15) is 5.60 Å². The van der Waals surface area contributed by atoms with Crippen molar-refractivity contribution in [3.05, 3.63) is 0 Å². The fourth-order valence-corrected chi connectivity index (χ4v) is 3.23. The molecule has 2 aliphatic heterocycles. The Kier molecular flexibility index (Phi) is 13.3. The topological polar surface area (TPSA) is 60.0 Å². The van der Waals surface area contributed by atoms with Crippen molar-refractivity contribution < 1.29 is 19.0 Å². The van der Waals surface area contributed by atoms with E-state index in [1.165, 1.54) is 19.4 Å². The molecule has 2 fully saturated rings. The number of rotatable bonds is 4. The third-order valence-electron chi connectivity index (χ3n) is 4.37. The van der Waals surface area contributed by atoms with Crippen molar-refractivity contribution in [2.24, 2.45) is 11.8 Å². The first-order chi connectivity index (χ1) is 11.9. The average Bonchev–Trinajstić information content (AvgIpc) is 2.56. The highest BCUT2D eigenvalue weighted by molar-refractivity contribution is 5.85. The Morgan fingerprint density at radius 1 is 1.08 bits per heavy atom. The number of piperidine rings is 2. The molecule has 0 spiro atoms. The van der Waals surface area contributed by atoms with Gasteiger partial charge in [0.15, 0.2) is 0 Å². The molecule has 0 aliphatic carbocycles. The van der Waals surface area contributed by atoms with Crippen LogP contribution in [0.2, 0.25) is 0 Å². The molecule has 0 aromatic heterocycles. The van der Waals surface area contributed by atoms with Gasteiger partial charge < -0.3 is 24.4 Å². The first-order valence-corrected chi connectivity index (χ1v) is 9.52. The highest BCUT2D eigenvalue weighted by Crippen LogP contribution is 2.19. The summed E-state index contributed by atoms with van der Waals surface area (Å²) >= 11 is 0. The Balaban J connectivity index is 0.000000532. The second kappa shape index (κ2) is 13.6. The van der Waals surface area contributed by atoms with E-state index >= 15 is 0 Å². The predicted molar refractivity (Wildman–Crippen MR) is 107 cm³/mol. The number of hydrogen-bond donors (Lipinski definition) is 1. The lowest BCUT2D eigenvalue weighted by molar-refractivity contribution is 0.0109. The zero-order valence-electron chi connectivity index (χ0n) is 17.2. The molecule has 26 heavy (non-hydrogen) atoms. The number of nitrogens with one attached hydrogen (secondary N) is 1. The van der Waals surface area contributed by atoms with Gasteiger partial charge in [0.2, 0.25) is 0 Å². The maximum atomic E-state index is 11.8. The minimum Gasteiger partial charge on any atom is -0.444 e. The first kappa shape index (κ1) is 25.4. The lowest BCUT2D eigenvalue weighted by atomic mass is 9.99. The average molecular weight is 395 g/mol. The van der Waals surface area contributed by atoms with E-state index in [1.54, 1.807) is 19.1 Å². The van der Waals surface area contributed by atoms with E-state index in [4.69, 9.17) is 14.2 Å². The van der Waals surface area contributed by atoms with E-state index in [0.29, 0.717) is 5.92 Å². The van der Waals surface area contributed by atoms with Crippen molar-refractivity contribution in [2.75, 3.05) is 53.6 Å². The monoisotopic (exact) mass is 394 g/mol. The normalized spacial score (nSPS) is 23.3. The highest BCUT2D eigenvalue weighted by Gasteiger charge is 2.27. The van der Waals surface area contributed by atoms with Crippen LogP contribution in [0.25, 0.3) is 0 Å². The summed E-state index contributed by atoms with van der Waals surface area (Å²) in [5, 5.41) is 3.34. The summed E-state index contributed by atoms with van der Waals surface area (Å²) in [7, 11) is 3.47. The molecule has 2 rings (SSSR count). The number of amides is 1. The highest BCUT2D eigenvalue weighted by atomic mass is 35.5. The Bertz CT molecular complexity index is 366. The molecule has 1 amide bonds. The van der Waals surface area contributed by atoms with E-state index < -0.39 is 5.60 Å². The van der Waals surface area contributed by atoms with Crippen molar-refractivity contribution >= 4 is 18.5 Å². The summed E-state index contributed by atoms with van der Waals surface area (Å²) in [6.07, 6.45) is 4.61. The Morgan fingerprint density at radius 3 is 2.23 bits per heavy atom.